The fraction of sp³-hybridized carbons (Fsp3) is 0.333. The summed E-state index contributed by atoms with van der Waals surface area (Å²) in [6.45, 7) is 1.89. The third-order valence-corrected chi connectivity index (χ3v) is 2.34. The van der Waals surface area contributed by atoms with E-state index in [-0.39, 0.29) is 0 Å². The molecule has 0 unspecified atom stereocenters. The van der Waals surface area contributed by atoms with Gasteiger partial charge in [0.2, 0.25) is 0 Å². The van der Waals surface area contributed by atoms with Gasteiger partial charge >= 0.3 is 5.97 Å². The lowest BCUT2D eigenvalue weighted by atomic mass is 10.0. The number of carbonyl (C=O) groups is 1. The number of hydrogen-bond acceptors (Lipinski definition) is 4. The molecule has 1 aromatic rings. The van der Waals surface area contributed by atoms with Crippen LogP contribution in [0, 0.1) is 11.3 Å². The summed E-state index contributed by atoms with van der Waals surface area (Å²) < 4.78 is 9.84. The van der Waals surface area contributed by atoms with E-state index >= 15 is 0 Å². The van der Waals surface area contributed by atoms with E-state index in [1.807, 2.05) is 13.0 Å². The molecule has 16 heavy (non-hydrogen) atoms. The van der Waals surface area contributed by atoms with Crippen LogP contribution in [-0.2, 0) is 11.2 Å². The quantitative estimate of drug-likeness (QED) is 0.728. The first-order valence-corrected chi connectivity index (χ1v) is 4.87. The molecule has 0 saturated heterocycles. The van der Waals surface area contributed by atoms with Crippen molar-refractivity contribution < 1.29 is 14.3 Å². The second-order valence-electron chi connectivity index (χ2n) is 3.13. The molecule has 0 aliphatic heterocycles. The number of ether oxygens (including phenoxy) is 2. The summed E-state index contributed by atoms with van der Waals surface area (Å²) in [5.41, 5.74) is 1.57. The molecule has 0 N–H and O–H groups in total. The van der Waals surface area contributed by atoms with Crippen LogP contribution in [0.5, 0.6) is 5.75 Å². The number of esters is 1. The van der Waals surface area contributed by atoms with Crippen LogP contribution in [0.3, 0.4) is 0 Å². The van der Waals surface area contributed by atoms with Crippen molar-refractivity contribution in [2.24, 2.45) is 0 Å². The minimum atomic E-state index is -0.417. The maximum absolute atomic E-state index is 11.5. The predicted octanol–water partition coefficient (Wildman–Crippen LogP) is 1.92. The molecule has 1 aromatic carbocycles. The standard InChI is InChI=1S/C12H13NO3/c1-4-9-10(12(14)16-3)6-5-8(7-13)11(9)15-2/h5-6H,4H2,1-3H3. The van der Waals surface area contributed by atoms with E-state index in [1.54, 1.807) is 12.1 Å². The van der Waals surface area contributed by atoms with Crippen molar-refractivity contribution in [3.63, 3.8) is 0 Å². The molecule has 0 radical (unpaired) electrons. The van der Waals surface area contributed by atoms with E-state index in [1.165, 1.54) is 14.2 Å². The largest absolute Gasteiger partial charge is 0.495 e. The molecule has 0 amide bonds. The summed E-state index contributed by atoms with van der Waals surface area (Å²) in [7, 11) is 2.81. The molecule has 0 atom stereocenters. The lowest BCUT2D eigenvalue weighted by Crippen LogP contribution is -2.07. The van der Waals surface area contributed by atoms with Crippen LogP contribution >= 0.6 is 0 Å². The van der Waals surface area contributed by atoms with E-state index in [0.717, 1.165) is 0 Å². The molecule has 0 aromatic heterocycles. The normalized spacial score (nSPS) is 9.38. The lowest BCUT2D eigenvalue weighted by Gasteiger charge is -2.12. The van der Waals surface area contributed by atoms with Crippen LogP contribution in [0.4, 0.5) is 0 Å². The minimum Gasteiger partial charge on any atom is -0.495 e. The van der Waals surface area contributed by atoms with Crippen molar-refractivity contribution >= 4 is 5.97 Å². The molecule has 1 rings (SSSR count). The smallest absolute Gasteiger partial charge is 0.338 e. The Labute approximate surface area is 94.4 Å². The molecule has 4 nitrogen and oxygen atoms in total. The van der Waals surface area contributed by atoms with Gasteiger partial charge in [-0.25, -0.2) is 4.79 Å². The van der Waals surface area contributed by atoms with Gasteiger partial charge in [0.05, 0.1) is 25.3 Å². The second-order valence-corrected chi connectivity index (χ2v) is 3.13. The van der Waals surface area contributed by atoms with E-state index in [4.69, 9.17) is 10.00 Å². The van der Waals surface area contributed by atoms with Crippen molar-refractivity contribution in [1.82, 2.24) is 0 Å². The number of rotatable bonds is 3. The molecule has 0 aliphatic rings. The van der Waals surface area contributed by atoms with Crippen LogP contribution in [0.25, 0.3) is 0 Å². The molecule has 0 spiro atoms. The van der Waals surface area contributed by atoms with Gasteiger partial charge in [-0.15, -0.1) is 0 Å². The highest BCUT2D eigenvalue weighted by atomic mass is 16.5. The van der Waals surface area contributed by atoms with Gasteiger partial charge < -0.3 is 9.47 Å². The summed E-state index contributed by atoms with van der Waals surface area (Å²) >= 11 is 0. The number of carbonyl (C=O) groups excluding carboxylic acids is 1. The second kappa shape index (κ2) is 5.17. The molecule has 4 heteroatoms. The van der Waals surface area contributed by atoms with Crippen LogP contribution in [0.2, 0.25) is 0 Å². The van der Waals surface area contributed by atoms with Gasteiger partial charge in [-0.1, -0.05) is 6.92 Å². The number of nitriles is 1. The van der Waals surface area contributed by atoms with Crippen molar-refractivity contribution in [1.29, 1.82) is 5.26 Å². The molecule has 0 heterocycles. The molecule has 0 aliphatic carbocycles. The fourth-order valence-corrected chi connectivity index (χ4v) is 1.60. The van der Waals surface area contributed by atoms with Crippen LogP contribution < -0.4 is 4.74 Å². The Morgan fingerprint density at radius 3 is 2.56 bits per heavy atom. The van der Waals surface area contributed by atoms with Crippen molar-refractivity contribution in [2.75, 3.05) is 14.2 Å². The van der Waals surface area contributed by atoms with Crippen LogP contribution in [-0.4, -0.2) is 20.2 Å². The maximum Gasteiger partial charge on any atom is 0.338 e. The van der Waals surface area contributed by atoms with E-state index in [2.05, 4.69) is 4.74 Å². The first kappa shape index (κ1) is 12.1. The Morgan fingerprint density at radius 1 is 1.44 bits per heavy atom. The maximum atomic E-state index is 11.5. The average molecular weight is 219 g/mol. The molecule has 0 fully saturated rings. The highest BCUT2D eigenvalue weighted by Crippen LogP contribution is 2.27. The number of methoxy groups -OCH3 is 2. The number of nitrogens with zero attached hydrogens (tertiary/aromatic N) is 1. The summed E-state index contributed by atoms with van der Waals surface area (Å²) in [5, 5.41) is 8.91. The Hall–Kier alpha value is -2.02. The van der Waals surface area contributed by atoms with Gasteiger partial charge in [-0.3, -0.25) is 0 Å². The minimum absolute atomic E-state index is 0.417. The van der Waals surface area contributed by atoms with Crippen LogP contribution in [0.1, 0.15) is 28.4 Å². The molecular weight excluding hydrogens is 206 g/mol. The summed E-state index contributed by atoms with van der Waals surface area (Å²) in [4.78, 5) is 11.5. The molecule has 0 bridgehead atoms. The van der Waals surface area contributed by atoms with Crippen molar-refractivity contribution in [3.05, 3.63) is 28.8 Å². The van der Waals surface area contributed by atoms with Gasteiger partial charge in [0.1, 0.15) is 11.8 Å². The summed E-state index contributed by atoms with van der Waals surface area (Å²) in [5.74, 6) is 0.0348. The molecular formula is C12H13NO3. The monoisotopic (exact) mass is 219 g/mol. The van der Waals surface area contributed by atoms with E-state index in [9.17, 15) is 4.79 Å². The zero-order chi connectivity index (χ0) is 12.1. The molecule has 84 valence electrons. The van der Waals surface area contributed by atoms with Crippen molar-refractivity contribution in [3.8, 4) is 11.8 Å². The average Bonchev–Trinajstić information content (AvgIpc) is 2.35. The Kier molecular flexibility index (Phi) is 3.90. The van der Waals surface area contributed by atoms with E-state index < -0.39 is 5.97 Å². The van der Waals surface area contributed by atoms with Gasteiger partial charge in [-0.2, -0.15) is 5.26 Å². The van der Waals surface area contributed by atoms with Gasteiger partial charge in [-0.05, 0) is 18.6 Å². The molecule has 0 saturated carbocycles. The Balaban J connectivity index is 3.44. The van der Waals surface area contributed by atoms with Crippen molar-refractivity contribution in [2.45, 2.75) is 13.3 Å². The third kappa shape index (κ3) is 1.98. The SMILES string of the molecule is CCc1c(C(=O)OC)ccc(C#N)c1OC. The Bertz CT molecular complexity index is 446. The zero-order valence-corrected chi connectivity index (χ0v) is 9.53. The third-order valence-electron chi connectivity index (χ3n) is 2.34. The lowest BCUT2D eigenvalue weighted by molar-refractivity contribution is 0.0599. The summed E-state index contributed by atoms with van der Waals surface area (Å²) in [6, 6.07) is 5.18. The number of hydrogen-bond donors (Lipinski definition) is 0. The first-order chi connectivity index (χ1) is 7.69. The van der Waals surface area contributed by atoms with Gasteiger partial charge in [0.15, 0.2) is 0 Å². The predicted molar refractivity (Wildman–Crippen MR) is 58.4 cm³/mol. The highest BCUT2D eigenvalue weighted by Gasteiger charge is 2.17. The zero-order valence-electron chi connectivity index (χ0n) is 9.53. The number of benzene rings is 1. The Morgan fingerprint density at radius 2 is 2.12 bits per heavy atom. The van der Waals surface area contributed by atoms with Gasteiger partial charge in [0, 0.05) is 5.56 Å². The van der Waals surface area contributed by atoms with Crippen LogP contribution in [0.15, 0.2) is 12.1 Å². The van der Waals surface area contributed by atoms with Gasteiger partial charge in [0.25, 0.3) is 0 Å². The first-order valence-electron chi connectivity index (χ1n) is 4.87. The van der Waals surface area contributed by atoms with E-state index in [0.29, 0.717) is 28.9 Å². The topological polar surface area (TPSA) is 59.3 Å². The summed E-state index contributed by atoms with van der Waals surface area (Å²) in [6.07, 6.45) is 0.600. The highest BCUT2D eigenvalue weighted by molar-refractivity contribution is 5.92. The fourth-order valence-electron chi connectivity index (χ4n) is 1.60.